The van der Waals surface area contributed by atoms with Gasteiger partial charge in [-0.05, 0) is 6.92 Å². The van der Waals surface area contributed by atoms with Crippen molar-refractivity contribution in [2.45, 2.75) is 6.92 Å². The highest BCUT2D eigenvalue weighted by Gasteiger charge is 2.06. The van der Waals surface area contributed by atoms with Gasteiger partial charge in [-0.15, -0.1) is 11.3 Å². The van der Waals surface area contributed by atoms with Crippen molar-refractivity contribution in [1.82, 2.24) is 10.4 Å². The van der Waals surface area contributed by atoms with Gasteiger partial charge < -0.3 is 0 Å². The number of aromatic nitrogens is 1. The standard InChI is InChI=1S/C5H7N3OS/c1-3-2-7-5(10-3)4(9)8-6/h2H,6H2,1H3,(H,8,9). The summed E-state index contributed by atoms with van der Waals surface area (Å²) in [5.41, 5.74) is 2.00. The molecule has 1 amide bonds. The zero-order valence-corrected chi connectivity index (χ0v) is 6.23. The minimum atomic E-state index is -0.335. The van der Waals surface area contributed by atoms with E-state index in [-0.39, 0.29) is 5.91 Å². The number of aryl methyl sites for hydroxylation is 1. The van der Waals surface area contributed by atoms with Crippen LogP contribution in [0.1, 0.15) is 14.7 Å². The lowest BCUT2D eigenvalue weighted by molar-refractivity contribution is 0.0953. The average molecular weight is 157 g/mol. The average Bonchev–Trinajstić information content (AvgIpc) is 2.34. The Labute approximate surface area is 62.0 Å². The number of thiazole rings is 1. The SMILES string of the molecule is Cc1cnc(C(=O)NN)s1. The molecule has 0 radical (unpaired) electrons. The van der Waals surface area contributed by atoms with Gasteiger partial charge in [0.25, 0.3) is 5.91 Å². The van der Waals surface area contributed by atoms with Gasteiger partial charge in [0.15, 0.2) is 5.01 Å². The van der Waals surface area contributed by atoms with E-state index in [1.807, 2.05) is 12.3 Å². The summed E-state index contributed by atoms with van der Waals surface area (Å²) in [7, 11) is 0. The summed E-state index contributed by atoms with van der Waals surface area (Å²) in [6, 6.07) is 0. The van der Waals surface area contributed by atoms with Crippen molar-refractivity contribution in [3.63, 3.8) is 0 Å². The van der Waals surface area contributed by atoms with Crippen LogP contribution in [0.15, 0.2) is 6.20 Å². The number of nitrogens with zero attached hydrogens (tertiary/aromatic N) is 1. The number of hydrogen-bond acceptors (Lipinski definition) is 4. The number of nitrogens with one attached hydrogen (secondary N) is 1. The van der Waals surface area contributed by atoms with Crippen LogP contribution < -0.4 is 11.3 Å². The maximum Gasteiger partial charge on any atom is 0.294 e. The first-order chi connectivity index (χ1) is 4.74. The Balaban J connectivity index is 2.85. The zero-order chi connectivity index (χ0) is 7.56. The summed E-state index contributed by atoms with van der Waals surface area (Å²) < 4.78 is 0. The number of nitrogen functional groups attached to an aromatic ring is 1. The van der Waals surface area contributed by atoms with Gasteiger partial charge >= 0.3 is 0 Å². The first-order valence-electron chi connectivity index (χ1n) is 2.67. The molecular formula is C5H7N3OS. The molecule has 0 atom stereocenters. The van der Waals surface area contributed by atoms with Gasteiger partial charge in [0, 0.05) is 11.1 Å². The number of carbonyl (C=O) groups excluding carboxylic acids is 1. The molecule has 5 heteroatoms. The minimum absolute atomic E-state index is 0.335. The van der Waals surface area contributed by atoms with Crippen LogP contribution in [0, 0.1) is 6.92 Å². The fraction of sp³-hybridized carbons (Fsp3) is 0.200. The zero-order valence-electron chi connectivity index (χ0n) is 5.42. The third kappa shape index (κ3) is 1.31. The normalized spacial score (nSPS) is 9.40. The molecule has 10 heavy (non-hydrogen) atoms. The summed E-state index contributed by atoms with van der Waals surface area (Å²) in [5.74, 6) is 4.55. The Morgan fingerprint density at radius 3 is 3.00 bits per heavy atom. The second-order valence-corrected chi connectivity index (χ2v) is 2.98. The molecular weight excluding hydrogens is 150 g/mol. The predicted molar refractivity (Wildman–Crippen MR) is 38.5 cm³/mol. The van der Waals surface area contributed by atoms with Crippen LogP contribution in [-0.4, -0.2) is 10.9 Å². The van der Waals surface area contributed by atoms with Crippen LogP contribution in [0.2, 0.25) is 0 Å². The Hall–Kier alpha value is -0.940. The fourth-order valence-electron chi connectivity index (χ4n) is 0.521. The van der Waals surface area contributed by atoms with Crippen LogP contribution >= 0.6 is 11.3 Å². The number of nitrogens with two attached hydrogens (primary N) is 1. The van der Waals surface area contributed by atoms with E-state index in [9.17, 15) is 4.79 Å². The van der Waals surface area contributed by atoms with Crippen molar-refractivity contribution in [3.8, 4) is 0 Å². The molecule has 0 aromatic carbocycles. The summed E-state index contributed by atoms with van der Waals surface area (Å²) in [6.45, 7) is 1.88. The molecule has 1 rings (SSSR count). The number of amides is 1. The molecule has 0 spiro atoms. The number of rotatable bonds is 1. The lowest BCUT2D eigenvalue weighted by atomic mass is 10.6. The maximum atomic E-state index is 10.7. The van der Waals surface area contributed by atoms with E-state index in [1.54, 1.807) is 6.20 Å². The molecule has 0 saturated carbocycles. The molecule has 1 aromatic heterocycles. The van der Waals surface area contributed by atoms with Gasteiger partial charge in [-0.25, -0.2) is 10.8 Å². The van der Waals surface area contributed by atoms with E-state index in [0.717, 1.165) is 4.88 Å². The van der Waals surface area contributed by atoms with Crippen molar-refractivity contribution in [2.24, 2.45) is 5.84 Å². The highest BCUT2D eigenvalue weighted by Crippen LogP contribution is 2.09. The molecule has 0 aliphatic heterocycles. The summed E-state index contributed by atoms with van der Waals surface area (Å²) in [4.78, 5) is 15.6. The molecule has 0 unspecified atom stereocenters. The van der Waals surface area contributed by atoms with Crippen LogP contribution in [0.5, 0.6) is 0 Å². The molecule has 0 saturated heterocycles. The van der Waals surface area contributed by atoms with E-state index in [0.29, 0.717) is 5.01 Å². The lowest BCUT2D eigenvalue weighted by Gasteiger charge is -1.89. The van der Waals surface area contributed by atoms with Gasteiger partial charge in [-0.3, -0.25) is 10.2 Å². The fourth-order valence-corrected chi connectivity index (χ4v) is 1.19. The van der Waals surface area contributed by atoms with E-state index in [4.69, 9.17) is 5.84 Å². The number of carbonyl (C=O) groups is 1. The highest BCUT2D eigenvalue weighted by molar-refractivity contribution is 7.13. The third-order valence-electron chi connectivity index (χ3n) is 0.947. The predicted octanol–water partition coefficient (Wildman–Crippen LogP) is 0.0550. The van der Waals surface area contributed by atoms with Gasteiger partial charge in [0.2, 0.25) is 0 Å². The Morgan fingerprint density at radius 1 is 1.90 bits per heavy atom. The van der Waals surface area contributed by atoms with E-state index in [2.05, 4.69) is 4.98 Å². The van der Waals surface area contributed by atoms with Crippen LogP contribution in [0.3, 0.4) is 0 Å². The van der Waals surface area contributed by atoms with Crippen molar-refractivity contribution < 1.29 is 4.79 Å². The molecule has 0 bridgehead atoms. The lowest BCUT2D eigenvalue weighted by Crippen LogP contribution is -2.29. The third-order valence-corrected chi connectivity index (χ3v) is 1.86. The van der Waals surface area contributed by atoms with Crippen LogP contribution in [-0.2, 0) is 0 Å². The first-order valence-corrected chi connectivity index (χ1v) is 3.49. The quantitative estimate of drug-likeness (QED) is 0.344. The summed E-state index contributed by atoms with van der Waals surface area (Å²) in [5, 5.41) is 0.403. The first kappa shape index (κ1) is 7.17. The largest absolute Gasteiger partial charge is 0.294 e. The van der Waals surface area contributed by atoms with E-state index in [1.165, 1.54) is 11.3 Å². The van der Waals surface area contributed by atoms with E-state index >= 15 is 0 Å². The maximum absolute atomic E-state index is 10.7. The Kier molecular flexibility index (Phi) is 1.98. The molecule has 0 aliphatic rings. The topological polar surface area (TPSA) is 68.0 Å². The van der Waals surface area contributed by atoms with Crippen LogP contribution in [0.4, 0.5) is 0 Å². The molecule has 4 nitrogen and oxygen atoms in total. The number of hydrazine groups is 1. The van der Waals surface area contributed by atoms with Crippen molar-refractivity contribution in [2.75, 3.05) is 0 Å². The van der Waals surface area contributed by atoms with Crippen molar-refractivity contribution in [1.29, 1.82) is 0 Å². The highest BCUT2D eigenvalue weighted by atomic mass is 32.1. The molecule has 54 valence electrons. The van der Waals surface area contributed by atoms with Gasteiger partial charge in [0.05, 0.1) is 0 Å². The van der Waals surface area contributed by atoms with Crippen molar-refractivity contribution >= 4 is 17.2 Å². The Bertz CT molecular complexity index is 245. The smallest absolute Gasteiger partial charge is 0.288 e. The second kappa shape index (κ2) is 2.76. The minimum Gasteiger partial charge on any atom is -0.288 e. The second-order valence-electron chi connectivity index (χ2n) is 1.75. The molecule has 1 heterocycles. The van der Waals surface area contributed by atoms with E-state index < -0.39 is 0 Å². The molecule has 0 fully saturated rings. The Morgan fingerprint density at radius 2 is 2.60 bits per heavy atom. The van der Waals surface area contributed by atoms with Gasteiger partial charge in [-0.1, -0.05) is 0 Å². The van der Waals surface area contributed by atoms with Crippen molar-refractivity contribution in [3.05, 3.63) is 16.1 Å². The monoisotopic (exact) mass is 157 g/mol. The van der Waals surface area contributed by atoms with Gasteiger partial charge in [0.1, 0.15) is 0 Å². The molecule has 1 aromatic rings. The molecule has 3 N–H and O–H groups in total. The molecule has 0 aliphatic carbocycles. The number of hydrogen-bond donors (Lipinski definition) is 2. The van der Waals surface area contributed by atoms with Gasteiger partial charge in [-0.2, -0.15) is 0 Å². The summed E-state index contributed by atoms with van der Waals surface area (Å²) in [6.07, 6.45) is 1.63. The summed E-state index contributed by atoms with van der Waals surface area (Å²) >= 11 is 1.32. The van der Waals surface area contributed by atoms with Crippen LogP contribution in [0.25, 0.3) is 0 Å².